The summed E-state index contributed by atoms with van der Waals surface area (Å²) in [6.45, 7) is 0.472. The highest BCUT2D eigenvalue weighted by Gasteiger charge is 2.20. The molecule has 5 nitrogen and oxygen atoms in total. The number of hydrogen-bond acceptors (Lipinski definition) is 5. The van der Waals surface area contributed by atoms with Crippen molar-refractivity contribution in [2.45, 2.75) is 45.1 Å². The summed E-state index contributed by atoms with van der Waals surface area (Å²) in [4.78, 5) is 14.5. The molecular formula is C13H14N4OS. The second-order valence-corrected chi connectivity index (χ2v) is 5.85. The fraction of sp³-hybridized carbons (Fsp3) is 0.538. The van der Waals surface area contributed by atoms with Crippen LogP contribution in [0.4, 0.5) is 0 Å². The number of aromatic nitrogens is 3. The fourth-order valence-corrected chi connectivity index (χ4v) is 3.76. The van der Waals surface area contributed by atoms with E-state index >= 15 is 0 Å². The first-order valence-electron chi connectivity index (χ1n) is 6.56. The molecular weight excluding hydrogens is 260 g/mol. The summed E-state index contributed by atoms with van der Waals surface area (Å²) in [7, 11) is 0. The molecule has 2 heterocycles. The predicted molar refractivity (Wildman–Crippen MR) is 73.2 cm³/mol. The van der Waals surface area contributed by atoms with Crippen molar-refractivity contribution in [3.63, 3.8) is 0 Å². The van der Waals surface area contributed by atoms with E-state index in [-0.39, 0.29) is 5.56 Å². The van der Waals surface area contributed by atoms with Gasteiger partial charge >= 0.3 is 0 Å². The Labute approximate surface area is 114 Å². The lowest BCUT2D eigenvalue weighted by molar-refractivity contribution is 0.530. The minimum Gasteiger partial charge on any atom is -0.267 e. The quantitative estimate of drug-likeness (QED) is 0.803. The van der Waals surface area contributed by atoms with Crippen LogP contribution in [0.25, 0.3) is 10.2 Å². The monoisotopic (exact) mass is 274 g/mol. The molecule has 3 rings (SSSR count). The molecule has 0 radical (unpaired) electrons. The van der Waals surface area contributed by atoms with E-state index in [1.807, 2.05) is 0 Å². The highest BCUT2D eigenvalue weighted by Crippen LogP contribution is 2.33. The smallest absolute Gasteiger partial charge is 0.267 e. The summed E-state index contributed by atoms with van der Waals surface area (Å²) in [5.74, 6) is 0. The number of rotatable bonds is 3. The van der Waals surface area contributed by atoms with Crippen LogP contribution < -0.4 is 5.56 Å². The van der Waals surface area contributed by atoms with Gasteiger partial charge in [0.15, 0.2) is 4.83 Å². The molecule has 6 heteroatoms. The Morgan fingerprint density at radius 3 is 3.05 bits per heavy atom. The van der Waals surface area contributed by atoms with Crippen LogP contribution in [0.1, 0.15) is 36.1 Å². The molecule has 0 bridgehead atoms. The second kappa shape index (κ2) is 5.10. The maximum atomic E-state index is 12.4. The highest BCUT2D eigenvalue weighted by molar-refractivity contribution is 7.18. The molecule has 0 spiro atoms. The molecule has 0 saturated carbocycles. The van der Waals surface area contributed by atoms with Crippen molar-refractivity contribution in [3.8, 4) is 6.07 Å². The molecule has 0 N–H and O–H groups in total. The van der Waals surface area contributed by atoms with E-state index in [2.05, 4.69) is 16.4 Å². The third kappa shape index (κ3) is 2.15. The Bertz CT molecular complexity index is 710. The van der Waals surface area contributed by atoms with Crippen LogP contribution in [0, 0.1) is 11.3 Å². The molecule has 0 amide bonds. The van der Waals surface area contributed by atoms with E-state index in [9.17, 15) is 4.79 Å². The van der Waals surface area contributed by atoms with Crippen molar-refractivity contribution in [1.29, 1.82) is 5.26 Å². The van der Waals surface area contributed by atoms with Gasteiger partial charge in [0.25, 0.3) is 5.56 Å². The lowest BCUT2D eigenvalue weighted by Crippen LogP contribution is -2.24. The predicted octanol–water partition coefficient (Wildman–Crippen LogP) is 2.04. The molecule has 2 aromatic rings. The lowest BCUT2D eigenvalue weighted by Gasteiger charge is -2.10. The Hall–Kier alpha value is -1.74. The highest BCUT2D eigenvalue weighted by atomic mass is 32.1. The van der Waals surface area contributed by atoms with Crippen LogP contribution in [-0.2, 0) is 19.4 Å². The molecule has 0 unspecified atom stereocenters. The van der Waals surface area contributed by atoms with Crippen molar-refractivity contribution in [2.75, 3.05) is 0 Å². The number of fused-ring (bicyclic) bond motifs is 3. The Kier molecular flexibility index (Phi) is 3.30. The van der Waals surface area contributed by atoms with Gasteiger partial charge in [-0.05, 0) is 37.7 Å². The number of nitriles is 1. The van der Waals surface area contributed by atoms with Gasteiger partial charge in [-0.3, -0.25) is 4.79 Å². The standard InChI is InChI=1S/C13H14N4OS/c14-7-3-4-8-17-13(18)11-9-5-1-2-6-10(9)19-12(11)15-16-17/h1-6,8H2. The van der Waals surface area contributed by atoms with Gasteiger partial charge in [0, 0.05) is 17.8 Å². The molecule has 1 aliphatic rings. The van der Waals surface area contributed by atoms with Crippen molar-refractivity contribution in [3.05, 3.63) is 20.8 Å². The first-order chi connectivity index (χ1) is 9.31. The summed E-state index contributed by atoms with van der Waals surface area (Å²) < 4.78 is 1.40. The first-order valence-corrected chi connectivity index (χ1v) is 7.38. The van der Waals surface area contributed by atoms with Gasteiger partial charge < -0.3 is 0 Å². The maximum absolute atomic E-state index is 12.4. The second-order valence-electron chi connectivity index (χ2n) is 4.77. The van der Waals surface area contributed by atoms with Crippen LogP contribution >= 0.6 is 11.3 Å². The molecule has 19 heavy (non-hydrogen) atoms. The number of thiophene rings is 1. The van der Waals surface area contributed by atoms with Crippen LogP contribution in [0.15, 0.2) is 4.79 Å². The van der Waals surface area contributed by atoms with Gasteiger partial charge in [0.05, 0.1) is 11.5 Å². The average Bonchev–Trinajstić information content (AvgIpc) is 2.80. The van der Waals surface area contributed by atoms with Crippen LogP contribution in [-0.4, -0.2) is 15.0 Å². The maximum Gasteiger partial charge on any atom is 0.278 e. The molecule has 0 atom stereocenters. The van der Waals surface area contributed by atoms with Crippen molar-refractivity contribution < 1.29 is 0 Å². The largest absolute Gasteiger partial charge is 0.278 e. The van der Waals surface area contributed by atoms with E-state index < -0.39 is 0 Å². The summed E-state index contributed by atoms with van der Waals surface area (Å²) in [6.07, 6.45) is 5.47. The summed E-state index contributed by atoms with van der Waals surface area (Å²) in [5, 5.41) is 17.5. The normalized spacial score (nSPS) is 14.3. The van der Waals surface area contributed by atoms with Crippen LogP contribution in [0.3, 0.4) is 0 Å². The Balaban J connectivity index is 2.06. The molecule has 0 fully saturated rings. The molecule has 1 aliphatic carbocycles. The number of unbranched alkanes of at least 4 members (excludes halogenated alkanes) is 1. The zero-order chi connectivity index (χ0) is 13.2. The molecule has 0 aliphatic heterocycles. The van der Waals surface area contributed by atoms with E-state index in [1.54, 1.807) is 11.3 Å². The molecule has 98 valence electrons. The van der Waals surface area contributed by atoms with Gasteiger partial charge in [0.2, 0.25) is 0 Å². The van der Waals surface area contributed by atoms with E-state index in [0.29, 0.717) is 19.4 Å². The minimum atomic E-state index is -0.0395. The van der Waals surface area contributed by atoms with E-state index in [1.165, 1.54) is 21.5 Å². The number of aryl methyl sites for hydroxylation is 3. The fourth-order valence-electron chi connectivity index (χ4n) is 2.56. The van der Waals surface area contributed by atoms with Gasteiger partial charge in [-0.15, -0.1) is 16.4 Å². The average molecular weight is 274 g/mol. The zero-order valence-electron chi connectivity index (χ0n) is 10.6. The topological polar surface area (TPSA) is 71.6 Å². The van der Waals surface area contributed by atoms with Crippen LogP contribution in [0.2, 0.25) is 0 Å². The summed E-state index contributed by atoms with van der Waals surface area (Å²) in [6, 6.07) is 2.08. The lowest BCUT2D eigenvalue weighted by atomic mass is 9.97. The van der Waals surface area contributed by atoms with Crippen LogP contribution in [0.5, 0.6) is 0 Å². The van der Waals surface area contributed by atoms with Gasteiger partial charge in [-0.2, -0.15) is 5.26 Å². The van der Waals surface area contributed by atoms with Gasteiger partial charge in [0.1, 0.15) is 0 Å². The molecule has 2 aromatic heterocycles. The number of nitrogens with zero attached hydrogens (tertiary/aromatic N) is 4. The summed E-state index contributed by atoms with van der Waals surface area (Å²) in [5.41, 5.74) is 1.16. The zero-order valence-corrected chi connectivity index (χ0v) is 11.4. The first kappa shape index (κ1) is 12.3. The van der Waals surface area contributed by atoms with Crippen molar-refractivity contribution >= 4 is 21.6 Å². The SMILES string of the molecule is N#CCCCn1nnc2sc3c(c2c1=O)CCCC3. The number of hydrogen-bond donors (Lipinski definition) is 0. The van der Waals surface area contributed by atoms with Gasteiger partial charge in [-0.25, -0.2) is 4.68 Å². The van der Waals surface area contributed by atoms with Crippen molar-refractivity contribution in [1.82, 2.24) is 15.0 Å². The summed E-state index contributed by atoms with van der Waals surface area (Å²) >= 11 is 1.61. The van der Waals surface area contributed by atoms with Gasteiger partial charge in [-0.1, -0.05) is 5.21 Å². The third-order valence-corrected chi connectivity index (χ3v) is 4.68. The third-order valence-electron chi connectivity index (χ3n) is 3.50. The Morgan fingerprint density at radius 1 is 1.37 bits per heavy atom. The van der Waals surface area contributed by atoms with E-state index in [4.69, 9.17) is 5.26 Å². The van der Waals surface area contributed by atoms with E-state index in [0.717, 1.165) is 29.5 Å². The minimum absolute atomic E-state index is 0.0395. The molecule has 0 saturated heterocycles. The Morgan fingerprint density at radius 2 is 2.21 bits per heavy atom. The van der Waals surface area contributed by atoms with Crippen molar-refractivity contribution in [2.24, 2.45) is 0 Å². The molecule has 0 aromatic carbocycles.